The largest absolute Gasteiger partial charge is 0.480 e. The molecule has 0 saturated carbocycles. The van der Waals surface area contributed by atoms with Crippen molar-refractivity contribution in [1.82, 2.24) is 4.90 Å². The second kappa shape index (κ2) is 10.3. The van der Waals surface area contributed by atoms with Gasteiger partial charge in [-0.05, 0) is 37.2 Å². The molecule has 0 bridgehead atoms. The first-order valence-corrected chi connectivity index (χ1v) is 8.57. The molecule has 1 amide bonds. The molecule has 0 atom stereocenters. The van der Waals surface area contributed by atoms with E-state index in [2.05, 4.69) is 5.32 Å². The number of hydrogen-bond acceptors (Lipinski definition) is 5. The number of alkyl halides is 2. The molecule has 1 aromatic rings. The van der Waals surface area contributed by atoms with Crippen LogP contribution < -0.4 is 5.32 Å². The number of anilines is 1. The van der Waals surface area contributed by atoms with Crippen LogP contribution in [0.2, 0.25) is 0 Å². The van der Waals surface area contributed by atoms with Crippen molar-refractivity contribution in [2.24, 2.45) is 0 Å². The summed E-state index contributed by atoms with van der Waals surface area (Å²) >= 11 is 0. The van der Waals surface area contributed by atoms with Gasteiger partial charge in [-0.3, -0.25) is 14.5 Å². The summed E-state index contributed by atoms with van der Waals surface area (Å²) in [5.41, 5.74) is 0.222. The van der Waals surface area contributed by atoms with E-state index in [1.54, 1.807) is 0 Å². The Balaban J connectivity index is 0.00000576. The molecule has 11 heteroatoms. The number of halogens is 3. The molecule has 1 rings (SSSR count). The van der Waals surface area contributed by atoms with Crippen LogP contribution in [0.1, 0.15) is 13.3 Å². The van der Waals surface area contributed by atoms with Gasteiger partial charge in [0.2, 0.25) is 15.7 Å². The fourth-order valence-corrected chi connectivity index (χ4v) is 2.68. The summed E-state index contributed by atoms with van der Waals surface area (Å²) in [6, 6.07) is 4.32. The topological polar surface area (TPSA) is 104 Å². The van der Waals surface area contributed by atoms with Gasteiger partial charge in [0.1, 0.15) is 0 Å². The van der Waals surface area contributed by atoms with Gasteiger partial charge < -0.3 is 10.4 Å². The van der Waals surface area contributed by atoms with E-state index in [0.717, 1.165) is 12.1 Å². The Bertz CT molecular complexity index is 683. The van der Waals surface area contributed by atoms with E-state index in [9.17, 15) is 26.8 Å². The Morgan fingerprint density at radius 1 is 1.20 bits per heavy atom. The zero-order valence-electron chi connectivity index (χ0n) is 13.3. The fourth-order valence-electron chi connectivity index (χ4n) is 1.96. The van der Waals surface area contributed by atoms with Gasteiger partial charge >= 0.3 is 11.7 Å². The number of carbonyl (C=O) groups is 2. The predicted octanol–water partition coefficient (Wildman–Crippen LogP) is 1.84. The lowest BCUT2D eigenvalue weighted by Gasteiger charge is -2.18. The first kappa shape index (κ1) is 23.2. The Morgan fingerprint density at radius 2 is 1.76 bits per heavy atom. The third-order valence-electron chi connectivity index (χ3n) is 2.97. The van der Waals surface area contributed by atoms with Gasteiger partial charge in [0.15, 0.2) is 0 Å². The van der Waals surface area contributed by atoms with E-state index in [4.69, 9.17) is 5.11 Å². The van der Waals surface area contributed by atoms with Crippen molar-refractivity contribution in [2.75, 3.05) is 25.0 Å². The molecule has 0 radical (unpaired) electrons. The Kier molecular flexibility index (Phi) is 9.53. The summed E-state index contributed by atoms with van der Waals surface area (Å²) in [5.74, 6) is -5.07. The van der Waals surface area contributed by atoms with Gasteiger partial charge in [0, 0.05) is 5.69 Å². The summed E-state index contributed by atoms with van der Waals surface area (Å²) in [4.78, 5) is 23.5. The molecule has 0 saturated heterocycles. The summed E-state index contributed by atoms with van der Waals surface area (Å²) in [6.07, 6.45) is 0.667. The van der Waals surface area contributed by atoms with Crippen LogP contribution in [0.15, 0.2) is 29.2 Å². The average molecular weight is 401 g/mol. The average Bonchev–Trinajstić information content (AvgIpc) is 2.47. The van der Waals surface area contributed by atoms with E-state index in [1.807, 2.05) is 6.92 Å². The third kappa shape index (κ3) is 7.32. The van der Waals surface area contributed by atoms with E-state index < -0.39 is 32.4 Å². The zero-order chi connectivity index (χ0) is 18.3. The summed E-state index contributed by atoms with van der Waals surface area (Å²) in [5, 5.41) is 11.2. The highest BCUT2D eigenvalue weighted by atomic mass is 35.5. The first-order chi connectivity index (χ1) is 11.2. The Hall–Kier alpha value is -1.78. The van der Waals surface area contributed by atoms with Crippen LogP contribution in [0.25, 0.3) is 0 Å². The fraction of sp³-hybridized carbons (Fsp3) is 0.429. The molecule has 7 nitrogen and oxygen atoms in total. The van der Waals surface area contributed by atoms with Crippen molar-refractivity contribution >= 4 is 39.8 Å². The molecule has 0 unspecified atom stereocenters. The van der Waals surface area contributed by atoms with Crippen molar-refractivity contribution in [1.29, 1.82) is 0 Å². The third-order valence-corrected chi connectivity index (χ3v) is 4.37. The van der Waals surface area contributed by atoms with Crippen molar-refractivity contribution in [3.63, 3.8) is 0 Å². The molecule has 0 aromatic heterocycles. The van der Waals surface area contributed by atoms with Gasteiger partial charge in [-0.15, -0.1) is 12.4 Å². The van der Waals surface area contributed by atoms with Crippen LogP contribution in [0.3, 0.4) is 0 Å². The molecule has 0 heterocycles. The number of hydrogen-bond donors (Lipinski definition) is 2. The van der Waals surface area contributed by atoms with Crippen molar-refractivity contribution in [3.05, 3.63) is 24.3 Å². The second-order valence-electron chi connectivity index (χ2n) is 4.98. The monoisotopic (exact) mass is 400 g/mol. The molecule has 0 aliphatic rings. The van der Waals surface area contributed by atoms with Crippen LogP contribution in [-0.4, -0.2) is 55.7 Å². The molecule has 0 aliphatic heterocycles. The minimum Gasteiger partial charge on any atom is -0.480 e. The maximum atomic E-state index is 12.4. The van der Waals surface area contributed by atoms with Gasteiger partial charge in [-0.25, -0.2) is 8.42 Å². The van der Waals surface area contributed by atoms with Crippen LogP contribution in [0, 0.1) is 0 Å². The minimum absolute atomic E-state index is 0. The lowest BCUT2D eigenvalue weighted by atomic mass is 10.3. The highest BCUT2D eigenvalue weighted by Gasteiger charge is 2.26. The molecule has 142 valence electrons. The minimum atomic E-state index is -4.68. The second-order valence-corrected chi connectivity index (χ2v) is 6.90. The summed E-state index contributed by atoms with van der Waals surface area (Å²) in [6.45, 7) is 1.82. The van der Waals surface area contributed by atoms with E-state index >= 15 is 0 Å². The van der Waals surface area contributed by atoms with E-state index in [0.29, 0.717) is 13.0 Å². The Labute approximate surface area is 150 Å². The smallest absolute Gasteiger partial charge is 0.341 e. The zero-order valence-corrected chi connectivity index (χ0v) is 14.9. The predicted molar refractivity (Wildman–Crippen MR) is 89.9 cm³/mol. The van der Waals surface area contributed by atoms with Gasteiger partial charge in [-0.1, -0.05) is 6.92 Å². The lowest BCUT2D eigenvalue weighted by Crippen LogP contribution is -2.37. The van der Waals surface area contributed by atoms with Crippen LogP contribution >= 0.6 is 12.4 Å². The van der Waals surface area contributed by atoms with E-state index in [1.165, 1.54) is 17.0 Å². The first-order valence-electron chi connectivity index (χ1n) is 7.03. The van der Waals surface area contributed by atoms with Crippen LogP contribution in [0.5, 0.6) is 0 Å². The number of carboxylic acids is 1. The van der Waals surface area contributed by atoms with Crippen LogP contribution in [-0.2, 0) is 19.4 Å². The molecule has 0 spiro atoms. The highest BCUT2D eigenvalue weighted by Crippen LogP contribution is 2.20. The van der Waals surface area contributed by atoms with E-state index in [-0.39, 0.29) is 31.2 Å². The maximum absolute atomic E-state index is 12.4. The number of carbonyl (C=O) groups excluding carboxylic acids is 1. The Morgan fingerprint density at radius 3 is 2.20 bits per heavy atom. The molecule has 0 aliphatic carbocycles. The number of amides is 1. The van der Waals surface area contributed by atoms with Crippen molar-refractivity contribution in [2.45, 2.75) is 24.0 Å². The summed E-state index contributed by atoms with van der Waals surface area (Å²) < 4.78 is 47.4. The SMILES string of the molecule is CCCN(CC(=O)O)CC(=O)Nc1ccc(S(=O)(=O)C(F)F)cc1.Cl. The maximum Gasteiger partial charge on any atom is 0.341 e. The number of aliphatic carboxylic acids is 1. The van der Waals surface area contributed by atoms with Crippen molar-refractivity contribution in [3.8, 4) is 0 Å². The number of carboxylic acid groups (broad SMARTS) is 1. The molecule has 1 aromatic carbocycles. The molecule has 0 fully saturated rings. The number of sulfone groups is 1. The standard InChI is InChI=1S/C14H18F2N2O5S.ClH/c1-2-7-18(9-13(20)21)8-12(19)17-10-3-5-11(6-4-10)24(22,23)14(15)16;/h3-6,14H,2,7-9H2,1H3,(H,17,19)(H,20,21);1H. The molecular weight excluding hydrogens is 382 g/mol. The molecule has 2 N–H and O–H groups in total. The van der Waals surface area contributed by atoms with Crippen LogP contribution in [0.4, 0.5) is 14.5 Å². The number of rotatable bonds is 9. The number of nitrogens with zero attached hydrogens (tertiary/aromatic N) is 1. The highest BCUT2D eigenvalue weighted by molar-refractivity contribution is 7.91. The van der Waals surface area contributed by atoms with Gasteiger partial charge in [0.05, 0.1) is 18.0 Å². The molecule has 25 heavy (non-hydrogen) atoms. The van der Waals surface area contributed by atoms with Gasteiger partial charge in [0.25, 0.3) is 0 Å². The van der Waals surface area contributed by atoms with Crippen molar-refractivity contribution < 1.29 is 31.9 Å². The summed E-state index contributed by atoms with van der Waals surface area (Å²) in [7, 11) is -4.68. The lowest BCUT2D eigenvalue weighted by molar-refractivity contribution is -0.138. The molecular formula is C14H19ClF2N2O5S. The number of benzene rings is 1. The number of nitrogens with one attached hydrogen (secondary N) is 1. The quantitative estimate of drug-likeness (QED) is 0.655. The van der Waals surface area contributed by atoms with Gasteiger partial charge in [-0.2, -0.15) is 8.78 Å². The normalized spacial score (nSPS) is 11.2.